The van der Waals surface area contributed by atoms with Gasteiger partial charge in [-0.15, -0.1) is 0 Å². The fourth-order valence-electron chi connectivity index (χ4n) is 3.65. The summed E-state index contributed by atoms with van der Waals surface area (Å²) < 4.78 is 13.3. The van der Waals surface area contributed by atoms with Gasteiger partial charge in [-0.1, -0.05) is 18.2 Å². The van der Waals surface area contributed by atoms with Gasteiger partial charge in [-0.05, 0) is 51.0 Å². The Balaban J connectivity index is 1.70. The topological polar surface area (TPSA) is 60.5 Å². The number of aryl methyl sites for hydroxylation is 1. The molecule has 3 heterocycles. The maximum atomic E-state index is 13.4. The van der Waals surface area contributed by atoms with Crippen LogP contribution in [0.2, 0.25) is 0 Å². The molecule has 0 spiro atoms. The highest BCUT2D eigenvalue weighted by Gasteiger charge is 2.29. The van der Waals surface area contributed by atoms with Gasteiger partial charge in [-0.3, -0.25) is 4.79 Å². The fraction of sp³-hybridized carbons (Fsp3) is 0.364. The average molecular weight is 379 g/mol. The van der Waals surface area contributed by atoms with E-state index >= 15 is 0 Å². The van der Waals surface area contributed by atoms with E-state index in [1.807, 2.05) is 61.2 Å². The number of carbonyl (C=O) groups excluding carboxylic acids is 1. The number of hydrogen-bond acceptors (Lipinski definition) is 4. The maximum Gasteiger partial charge on any atom is 0.257 e. The molecule has 0 bridgehead atoms. The highest BCUT2D eigenvalue weighted by Crippen LogP contribution is 2.28. The first kappa shape index (κ1) is 18.5. The Kier molecular flexibility index (Phi) is 5.30. The normalized spacial score (nSPS) is 17.1. The van der Waals surface area contributed by atoms with Crippen molar-refractivity contribution in [3.8, 4) is 17.1 Å². The van der Waals surface area contributed by atoms with Crippen LogP contribution in [0.25, 0.3) is 17.1 Å². The van der Waals surface area contributed by atoms with Crippen LogP contribution in [-0.2, 0) is 4.74 Å². The zero-order valence-electron chi connectivity index (χ0n) is 16.3. The first-order valence-electron chi connectivity index (χ1n) is 9.78. The molecule has 1 aliphatic rings. The lowest BCUT2D eigenvalue weighted by molar-refractivity contribution is 0.00726. The number of para-hydroxylation sites is 1. The van der Waals surface area contributed by atoms with Crippen molar-refractivity contribution in [3.63, 3.8) is 0 Å². The molecule has 6 heteroatoms. The van der Waals surface area contributed by atoms with E-state index in [-0.39, 0.29) is 12.0 Å². The number of likely N-dealkylation sites (tertiary alicyclic amines) is 1. The van der Waals surface area contributed by atoms with Crippen molar-refractivity contribution >= 4 is 5.91 Å². The number of aromatic nitrogens is 2. The molecule has 1 aliphatic heterocycles. The Hall–Kier alpha value is -2.86. The molecule has 1 aromatic carbocycles. The van der Waals surface area contributed by atoms with Crippen LogP contribution in [0.3, 0.4) is 0 Å². The van der Waals surface area contributed by atoms with E-state index in [0.717, 1.165) is 30.8 Å². The summed E-state index contributed by atoms with van der Waals surface area (Å²) in [5.41, 5.74) is 2.02. The minimum Gasteiger partial charge on any atom is -0.460 e. The third kappa shape index (κ3) is 3.73. The van der Waals surface area contributed by atoms with E-state index in [1.165, 1.54) is 0 Å². The Labute approximate surface area is 164 Å². The number of carbonyl (C=O) groups is 1. The van der Waals surface area contributed by atoms with Gasteiger partial charge < -0.3 is 14.1 Å². The molecule has 146 valence electrons. The van der Waals surface area contributed by atoms with Crippen molar-refractivity contribution < 1.29 is 13.9 Å². The average Bonchev–Trinajstić information content (AvgIpc) is 3.35. The third-order valence-electron chi connectivity index (χ3n) is 5.01. The molecule has 1 amide bonds. The molecular weight excluding hydrogens is 354 g/mol. The molecule has 6 nitrogen and oxygen atoms in total. The lowest BCUT2D eigenvalue weighted by Crippen LogP contribution is -2.43. The molecule has 0 aliphatic carbocycles. The van der Waals surface area contributed by atoms with Crippen molar-refractivity contribution in [2.24, 2.45) is 0 Å². The summed E-state index contributed by atoms with van der Waals surface area (Å²) in [5.74, 6) is 1.36. The lowest BCUT2D eigenvalue weighted by Gasteiger charge is -2.32. The smallest absolute Gasteiger partial charge is 0.257 e. The number of rotatable bonds is 5. The summed E-state index contributed by atoms with van der Waals surface area (Å²) in [7, 11) is 0. The van der Waals surface area contributed by atoms with Gasteiger partial charge in [-0.25, -0.2) is 4.68 Å². The quantitative estimate of drug-likeness (QED) is 0.670. The summed E-state index contributed by atoms with van der Waals surface area (Å²) in [6.07, 6.45) is 3.83. The summed E-state index contributed by atoms with van der Waals surface area (Å²) in [6.45, 7) is 5.88. The minimum atomic E-state index is -0.0318. The zero-order valence-corrected chi connectivity index (χ0v) is 16.3. The van der Waals surface area contributed by atoms with Gasteiger partial charge in [0.1, 0.15) is 11.5 Å². The van der Waals surface area contributed by atoms with Gasteiger partial charge in [0, 0.05) is 25.9 Å². The second-order valence-electron chi connectivity index (χ2n) is 7.05. The van der Waals surface area contributed by atoms with E-state index in [0.29, 0.717) is 30.2 Å². The van der Waals surface area contributed by atoms with E-state index in [2.05, 4.69) is 5.10 Å². The van der Waals surface area contributed by atoms with Gasteiger partial charge in [0.05, 0.1) is 17.4 Å². The van der Waals surface area contributed by atoms with Gasteiger partial charge in [0.25, 0.3) is 5.91 Å². The van der Waals surface area contributed by atoms with Crippen LogP contribution in [0.15, 0.2) is 53.1 Å². The molecule has 0 N–H and O–H groups in total. The molecule has 2 aromatic heterocycles. The molecule has 3 aromatic rings. The Morgan fingerprint density at radius 1 is 1.25 bits per heavy atom. The third-order valence-corrected chi connectivity index (χ3v) is 5.01. The Bertz CT molecular complexity index is 943. The Morgan fingerprint density at radius 2 is 2.07 bits per heavy atom. The van der Waals surface area contributed by atoms with E-state index in [9.17, 15) is 4.79 Å². The number of amides is 1. The van der Waals surface area contributed by atoms with Crippen molar-refractivity contribution in [1.29, 1.82) is 0 Å². The summed E-state index contributed by atoms with van der Waals surface area (Å²) >= 11 is 0. The molecule has 0 unspecified atom stereocenters. The number of ether oxygens (including phenoxy) is 1. The highest BCUT2D eigenvalue weighted by atomic mass is 16.5. The predicted molar refractivity (Wildman–Crippen MR) is 107 cm³/mol. The number of piperidine rings is 1. The first-order chi connectivity index (χ1) is 13.7. The number of furan rings is 1. The van der Waals surface area contributed by atoms with Crippen LogP contribution < -0.4 is 0 Å². The number of nitrogens with zero attached hydrogens (tertiary/aromatic N) is 3. The van der Waals surface area contributed by atoms with Crippen LogP contribution in [0, 0.1) is 6.92 Å². The predicted octanol–water partition coefficient (Wildman–Crippen LogP) is 4.08. The SMILES string of the molecule is CCO[C@H]1CCCN(C(=O)c2cn(-c3ccccc3)nc2-c2ccc(C)o2)C1. The summed E-state index contributed by atoms with van der Waals surface area (Å²) in [5, 5.41) is 4.68. The summed E-state index contributed by atoms with van der Waals surface area (Å²) in [4.78, 5) is 15.2. The molecule has 4 rings (SSSR count). The van der Waals surface area contributed by atoms with Crippen LogP contribution in [-0.4, -0.2) is 46.4 Å². The standard InChI is InChI=1S/C22H25N3O3/c1-3-27-18-10-7-13-24(14-18)22(26)19-15-25(17-8-5-4-6-9-17)23-21(19)20-12-11-16(2)28-20/h4-6,8-9,11-12,15,18H,3,7,10,13-14H2,1-2H3/t18-/m0/s1. The molecule has 1 atom stereocenters. The van der Waals surface area contributed by atoms with Crippen molar-refractivity contribution in [2.45, 2.75) is 32.8 Å². The second kappa shape index (κ2) is 8.02. The zero-order chi connectivity index (χ0) is 19.5. The number of hydrogen-bond donors (Lipinski definition) is 0. The molecule has 1 saturated heterocycles. The van der Waals surface area contributed by atoms with Gasteiger partial charge >= 0.3 is 0 Å². The monoisotopic (exact) mass is 379 g/mol. The molecule has 0 saturated carbocycles. The second-order valence-corrected chi connectivity index (χ2v) is 7.05. The molecular formula is C22H25N3O3. The highest BCUT2D eigenvalue weighted by molar-refractivity contribution is 5.99. The van der Waals surface area contributed by atoms with Crippen molar-refractivity contribution in [1.82, 2.24) is 14.7 Å². The van der Waals surface area contributed by atoms with Crippen LogP contribution in [0.5, 0.6) is 0 Å². The summed E-state index contributed by atoms with van der Waals surface area (Å²) in [6, 6.07) is 13.5. The van der Waals surface area contributed by atoms with Crippen LogP contribution >= 0.6 is 0 Å². The van der Waals surface area contributed by atoms with E-state index in [1.54, 1.807) is 10.9 Å². The van der Waals surface area contributed by atoms with E-state index < -0.39 is 0 Å². The minimum absolute atomic E-state index is 0.0318. The molecule has 1 fully saturated rings. The molecule has 28 heavy (non-hydrogen) atoms. The van der Waals surface area contributed by atoms with Gasteiger partial charge in [-0.2, -0.15) is 5.10 Å². The van der Waals surface area contributed by atoms with Crippen LogP contribution in [0.4, 0.5) is 0 Å². The van der Waals surface area contributed by atoms with Gasteiger partial charge in [0.2, 0.25) is 0 Å². The maximum absolute atomic E-state index is 13.4. The van der Waals surface area contributed by atoms with E-state index in [4.69, 9.17) is 9.15 Å². The van der Waals surface area contributed by atoms with Crippen molar-refractivity contribution in [2.75, 3.05) is 19.7 Å². The first-order valence-corrected chi connectivity index (χ1v) is 9.78. The van der Waals surface area contributed by atoms with Crippen molar-refractivity contribution in [3.05, 3.63) is 60.0 Å². The number of benzene rings is 1. The largest absolute Gasteiger partial charge is 0.460 e. The van der Waals surface area contributed by atoms with Gasteiger partial charge in [0.15, 0.2) is 5.76 Å². The Morgan fingerprint density at radius 3 is 2.79 bits per heavy atom. The van der Waals surface area contributed by atoms with Crippen LogP contribution in [0.1, 0.15) is 35.9 Å². The molecule has 0 radical (unpaired) electrons. The lowest BCUT2D eigenvalue weighted by atomic mass is 10.1. The fourth-order valence-corrected chi connectivity index (χ4v) is 3.65.